The van der Waals surface area contributed by atoms with E-state index in [0.29, 0.717) is 13.2 Å². The predicted octanol–water partition coefficient (Wildman–Crippen LogP) is 3.25. The topological polar surface area (TPSA) is 55.8 Å². The van der Waals surface area contributed by atoms with Crippen LogP contribution in [0.1, 0.15) is 43.6 Å². The van der Waals surface area contributed by atoms with Crippen molar-refractivity contribution < 1.29 is 28.2 Å². The quantitative estimate of drug-likeness (QED) is 0.864. The molecule has 1 N–H and O–H groups in total. The number of rotatable bonds is 4. The van der Waals surface area contributed by atoms with Crippen molar-refractivity contribution in [2.24, 2.45) is 5.92 Å². The van der Waals surface area contributed by atoms with Gasteiger partial charge in [-0.1, -0.05) is 25.7 Å². The molecule has 2 rings (SSSR count). The van der Waals surface area contributed by atoms with Crippen molar-refractivity contribution in [3.63, 3.8) is 0 Å². The maximum absolute atomic E-state index is 14.1. The van der Waals surface area contributed by atoms with Gasteiger partial charge in [0.05, 0.1) is 18.8 Å². The van der Waals surface area contributed by atoms with E-state index in [1.54, 1.807) is 5.92 Å². The van der Waals surface area contributed by atoms with Crippen LogP contribution in [0.25, 0.3) is 0 Å². The van der Waals surface area contributed by atoms with Gasteiger partial charge < -0.3 is 14.6 Å². The molecule has 0 saturated carbocycles. The molecule has 1 aliphatic heterocycles. The highest BCUT2D eigenvalue weighted by molar-refractivity contribution is 5.87. The van der Waals surface area contributed by atoms with Crippen molar-refractivity contribution in [1.82, 2.24) is 0 Å². The third-order valence-electron chi connectivity index (χ3n) is 3.60. The lowest BCUT2D eigenvalue weighted by Gasteiger charge is -2.29. The first-order valence-corrected chi connectivity index (χ1v) is 7.49. The summed E-state index contributed by atoms with van der Waals surface area (Å²) >= 11 is 0. The van der Waals surface area contributed by atoms with Gasteiger partial charge >= 0.3 is 5.97 Å². The van der Waals surface area contributed by atoms with E-state index in [4.69, 9.17) is 14.6 Å². The van der Waals surface area contributed by atoms with E-state index in [9.17, 15) is 13.6 Å². The minimum absolute atomic E-state index is 0.0442. The molecule has 0 unspecified atom stereocenters. The molecular weight excluding hydrogens is 306 g/mol. The summed E-state index contributed by atoms with van der Waals surface area (Å²) in [5.74, 6) is 0.348. The predicted molar refractivity (Wildman–Crippen MR) is 78.5 cm³/mol. The Morgan fingerprint density at radius 3 is 2.61 bits per heavy atom. The Morgan fingerprint density at radius 1 is 1.30 bits per heavy atom. The Balaban J connectivity index is 2.09. The Morgan fingerprint density at radius 2 is 2.00 bits per heavy atom. The lowest BCUT2D eigenvalue weighted by atomic mass is 10.0. The van der Waals surface area contributed by atoms with Crippen LogP contribution in [0.4, 0.5) is 8.78 Å². The van der Waals surface area contributed by atoms with Crippen molar-refractivity contribution in [2.45, 2.75) is 32.5 Å². The normalized spacial score (nSPS) is 20.7. The first-order valence-electron chi connectivity index (χ1n) is 7.49. The van der Waals surface area contributed by atoms with Gasteiger partial charge in [-0.3, -0.25) is 0 Å². The van der Waals surface area contributed by atoms with Crippen molar-refractivity contribution in [3.05, 3.63) is 34.9 Å². The van der Waals surface area contributed by atoms with E-state index in [-0.39, 0.29) is 17.0 Å². The second-order valence-corrected chi connectivity index (χ2v) is 5.39. The molecule has 0 aromatic heterocycles. The second-order valence-electron chi connectivity index (χ2n) is 5.39. The molecule has 0 spiro atoms. The monoisotopic (exact) mass is 324 g/mol. The summed E-state index contributed by atoms with van der Waals surface area (Å²) in [6.07, 6.45) is 2.17. The van der Waals surface area contributed by atoms with Crippen LogP contribution < -0.4 is 0 Å². The standard InChI is InChI=1S/C17H18F2O4/c1-2-3-4-11-9-22-17(23-10-11)13-7-5-12(6-8-14(20)21)15(18)16(13)19/h5,7,11,17H,2-4,9-10H2,1H3,(H,20,21). The van der Waals surface area contributed by atoms with Crippen LogP contribution in [0.2, 0.25) is 0 Å². The van der Waals surface area contributed by atoms with Crippen LogP contribution in [0.5, 0.6) is 0 Å². The fraction of sp³-hybridized carbons (Fsp3) is 0.471. The zero-order chi connectivity index (χ0) is 16.8. The molecule has 0 radical (unpaired) electrons. The highest BCUT2D eigenvalue weighted by Gasteiger charge is 2.27. The van der Waals surface area contributed by atoms with Gasteiger partial charge in [-0.05, 0) is 18.6 Å². The lowest BCUT2D eigenvalue weighted by Crippen LogP contribution is -2.27. The molecule has 0 aliphatic carbocycles. The summed E-state index contributed by atoms with van der Waals surface area (Å²) in [7, 11) is 0. The molecule has 6 heteroatoms. The first-order chi connectivity index (χ1) is 11.0. The molecule has 1 aliphatic rings. The number of carbonyl (C=O) groups is 1. The van der Waals surface area contributed by atoms with E-state index < -0.39 is 23.9 Å². The average molecular weight is 324 g/mol. The zero-order valence-electron chi connectivity index (χ0n) is 12.8. The summed E-state index contributed by atoms with van der Waals surface area (Å²) in [4.78, 5) is 10.4. The largest absolute Gasteiger partial charge is 0.472 e. The molecule has 1 saturated heterocycles. The number of ether oxygens (including phenoxy) is 2. The number of unbranched alkanes of at least 4 members (excludes halogenated alkanes) is 1. The van der Waals surface area contributed by atoms with Gasteiger partial charge in [0.25, 0.3) is 0 Å². The van der Waals surface area contributed by atoms with Gasteiger partial charge in [0.15, 0.2) is 17.9 Å². The van der Waals surface area contributed by atoms with Crippen molar-refractivity contribution >= 4 is 5.97 Å². The van der Waals surface area contributed by atoms with Gasteiger partial charge in [-0.25, -0.2) is 13.6 Å². The minimum atomic E-state index is -1.41. The van der Waals surface area contributed by atoms with E-state index in [1.165, 1.54) is 12.1 Å². The zero-order valence-corrected chi connectivity index (χ0v) is 12.8. The van der Waals surface area contributed by atoms with Crippen LogP contribution >= 0.6 is 0 Å². The molecule has 124 valence electrons. The molecular formula is C17H18F2O4. The average Bonchev–Trinajstić information content (AvgIpc) is 2.55. The second kappa shape index (κ2) is 8.04. The number of hydrogen-bond donors (Lipinski definition) is 1. The molecule has 1 fully saturated rings. The third kappa shape index (κ3) is 4.50. The highest BCUT2D eigenvalue weighted by atomic mass is 19.2. The highest BCUT2D eigenvalue weighted by Crippen LogP contribution is 2.30. The van der Waals surface area contributed by atoms with Crippen molar-refractivity contribution in [3.8, 4) is 11.8 Å². The van der Waals surface area contributed by atoms with E-state index in [2.05, 4.69) is 12.8 Å². The number of halogens is 2. The Bertz CT molecular complexity index is 625. The number of aliphatic carboxylic acids is 1. The fourth-order valence-corrected chi connectivity index (χ4v) is 2.35. The van der Waals surface area contributed by atoms with Gasteiger partial charge in [-0.2, -0.15) is 0 Å². The number of benzene rings is 1. The van der Waals surface area contributed by atoms with Crippen LogP contribution in [0, 0.1) is 29.4 Å². The molecule has 0 atom stereocenters. The first kappa shape index (κ1) is 17.4. The van der Waals surface area contributed by atoms with E-state index in [1.807, 2.05) is 0 Å². The summed E-state index contributed by atoms with van der Waals surface area (Å²) in [6.45, 7) is 2.97. The summed E-state index contributed by atoms with van der Waals surface area (Å²) < 4.78 is 39.0. The Labute approximate surface area is 133 Å². The number of carboxylic acid groups (broad SMARTS) is 1. The van der Waals surface area contributed by atoms with Crippen LogP contribution in [0.3, 0.4) is 0 Å². The van der Waals surface area contributed by atoms with Crippen molar-refractivity contribution in [2.75, 3.05) is 13.2 Å². The van der Waals surface area contributed by atoms with E-state index in [0.717, 1.165) is 19.3 Å². The van der Waals surface area contributed by atoms with Crippen molar-refractivity contribution in [1.29, 1.82) is 0 Å². The van der Waals surface area contributed by atoms with Gasteiger partial charge in [0.2, 0.25) is 0 Å². The van der Waals surface area contributed by atoms with E-state index >= 15 is 0 Å². The maximum Gasteiger partial charge on any atom is 0.382 e. The molecule has 0 amide bonds. The molecule has 1 aromatic carbocycles. The van der Waals surface area contributed by atoms with Gasteiger partial charge in [0, 0.05) is 17.4 Å². The molecule has 23 heavy (non-hydrogen) atoms. The maximum atomic E-state index is 14.1. The number of hydrogen-bond acceptors (Lipinski definition) is 3. The smallest absolute Gasteiger partial charge is 0.382 e. The fourth-order valence-electron chi connectivity index (χ4n) is 2.35. The molecule has 1 aromatic rings. The summed E-state index contributed by atoms with van der Waals surface area (Å²) in [5, 5.41) is 8.45. The van der Waals surface area contributed by atoms with Crippen LogP contribution in [-0.4, -0.2) is 24.3 Å². The van der Waals surface area contributed by atoms with Crippen LogP contribution in [-0.2, 0) is 14.3 Å². The third-order valence-corrected chi connectivity index (χ3v) is 3.60. The molecule has 1 heterocycles. The molecule has 0 bridgehead atoms. The minimum Gasteiger partial charge on any atom is -0.472 e. The van der Waals surface area contributed by atoms with Gasteiger partial charge in [-0.15, -0.1) is 0 Å². The Kier molecular flexibility index (Phi) is 6.08. The summed E-state index contributed by atoms with van der Waals surface area (Å²) in [6, 6.07) is 2.53. The SMILES string of the molecule is CCCCC1COC(c2ccc(C#CC(=O)O)c(F)c2F)OC1. The number of carboxylic acids is 1. The summed E-state index contributed by atoms with van der Waals surface area (Å²) in [5.41, 5.74) is -0.359. The lowest BCUT2D eigenvalue weighted by molar-refractivity contribution is -0.207. The van der Waals surface area contributed by atoms with Crippen LogP contribution in [0.15, 0.2) is 12.1 Å². The van der Waals surface area contributed by atoms with Gasteiger partial charge in [0.1, 0.15) is 0 Å². The Hall–Kier alpha value is -1.97. The molecule has 4 nitrogen and oxygen atoms in total.